The highest BCUT2D eigenvalue weighted by molar-refractivity contribution is 7.73. The largest absolute Gasteiger partial charge is 0.470 e. The molecule has 0 saturated heterocycles. The highest BCUT2D eigenvalue weighted by Crippen LogP contribution is 2.37. The van der Waals surface area contributed by atoms with Gasteiger partial charge in [0, 0.05) is 0 Å². The Labute approximate surface area is 156 Å². The van der Waals surface area contributed by atoms with E-state index in [1.165, 1.54) is 16.2 Å². The minimum Gasteiger partial charge on any atom is -0.470 e. The van der Waals surface area contributed by atoms with Gasteiger partial charge < -0.3 is 4.74 Å². The van der Waals surface area contributed by atoms with E-state index in [-0.39, 0.29) is 12.1 Å². The molecule has 2 nitrogen and oxygen atoms in total. The molecule has 26 heavy (non-hydrogen) atoms. The summed E-state index contributed by atoms with van der Waals surface area (Å²) < 4.78 is 6.30. The average molecular weight is 359 g/mol. The molecule has 0 saturated carbocycles. The predicted molar refractivity (Wildman–Crippen MR) is 111 cm³/mol. The van der Waals surface area contributed by atoms with Crippen LogP contribution in [0.1, 0.15) is 18.6 Å². The first-order valence-electron chi connectivity index (χ1n) is 8.97. The van der Waals surface area contributed by atoms with Gasteiger partial charge in [-0.1, -0.05) is 91.0 Å². The van der Waals surface area contributed by atoms with Gasteiger partial charge in [0.1, 0.15) is 6.10 Å². The van der Waals surface area contributed by atoms with Gasteiger partial charge in [-0.2, -0.15) is 0 Å². The molecule has 0 bridgehead atoms. The second-order valence-corrected chi connectivity index (χ2v) is 8.67. The molecule has 1 aliphatic heterocycles. The van der Waals surface area contributed by atoms with Gasteiger partial charge in [-0.15, -0.1) is 0 Å². The Morgan fingerprint density at radius 2 is 1.27 bits per heavy atom. The third-order valence-corrected chi connectivity index (χ3v) is 7.04. The van der Waals surface area contributed by atoms with Gasteiger partial charge in [0.25, 0.3) is 0 Å². The highest BCUT2D eigenvalue weighted by atomic mass is 31.1. The van der Waals surface area contributed by atoms with Crippen LogP contribution in [-0.4, -0.2) is 18.1 Å². The molecule has 3 aromatic carbocycles. The number of ether oxygens (including phenoxy) is 1. The summed E-state index contributed by atoms with van der Waals surface area (Å²) in [4.78, 5) is 4.85. The molecule has 4 rings (SSSR count). The Balaban J connectivity index is 1.58. The normalized spacial score (nSPS) is 19.2. The minimum absolute atomic E-state index is 0.0228. The molecular formula is C23H22NOP. The van der Waals surface area contributed by atoms with Crippen molar-refractivity contribution in [2.75, 3.05) is 6.16 Å². The van der Waals surface area contributed by atoms with Crippen LogP contribution in [0.25, 0.3) is 0 Å². The molecule has 0 N–H and O–H groups in total. The fraction of sp³-hybridized carbons (Fsp3) is 0.174. The van der Waals surface area contributed by atoms with Crippen molar-refractivity contribution >= 4 is 24.4 Å². The van der Waals surface area contributed by atoms with Crippen molar-refractivity contribution in [3.8, 4) is 0 Å². The topological polar surface area (TPSA) is 21.6 Å². The first kappa shape index (κ1) is 17.0. The van der Waals surface area contributed by atoms with Crippen LogP contribution in [0, 0.1) is 0 Å². The monoisotopic (exact) mass is 359 g/mol. The third kappa shape index (κ3) is 3.71. The summed E-state index contributed by atoms with van der Waals surface area (Å²) in [6, 6.07) is 32.0. The number of aliphatic imine (C=N–C) groups is 1. The van der Waals surface area contributed by atoms with Gasteiger partial charge in [0.05, 0.1) is 12.2 Å². The summed E-state index contributed by atoms with van der Waals surface area (Å²) in [6.45, 7) is 2.14. The lowest BCUT2D eigenvalue weighted by Crippen LogP contribution is -2.19. The SMILES string of the molecule is CC1N=C(CP(c2ccccc2)c2ccccc2)OC1c1ccccc1. The van der Waals surface area contributed by atoms with Crippen molar-refractivity contribution < 1.29 is 4.74 Å². The Morgan fingerprint density at radius 1 is 0.769 bits per heavy atom. The van der Waals surface area contributed by atoms with Crippen LogP contribution in [-0.2, 0) is 4.74 Å². The van der Waals surface area contributed by atoms with Crippen LogP contribution < -0.4 is 10.6 Å². The van der Waals surface area contributed by atoms with Gasteiger partial charge in [0.2, 0.25) is 0 Å². The molecule has 130 valence electrons. The molecule has 3 aromatic rings. The standard InChI is InChI=1S/C23H22NOP/c1-18-23(19-11-5-2-6-12-19)25-22(24-18)17-26(20-13-7-3-8-14-20)21-15-9-4-10-16-21/h2-16,18,23H,17H2,1H3. The molecule has 2 atom stereocenters. The van der Waals surface area contributed by atoms with Crippen LogP contribution in [0.2, 0.25) is 0 Å². The summed E-state index contributed by atoms with van der Waals surface area (Å²) >= 11 is 0. The Kier molecular flexibility index (Phi) is 5.13. The van der Waals surface area contributed by atoms with Gasteiger partial charge >= 0.3 is 0 Å². The maximum atomic E-state index is 6.30. The van der Waals surface area contributed by atoms with E-state index in [1.807, 2.05) is 6.07 Å². The predicted octanol–water partition coefficient (Wildman–Crippen LogP) is 4.68. The molecule has 3 heteroatoms. The maximum Gasteiger partial charge on any atom is 0.189 e. The zero-order valence-corrected chi connectivity index (χ0v) is 15.7. The van der Waals surface area contributed by atoms with E-state index in [2.05, 4.69) is 91.9 Å². The Morgan fingerprint density at radius 3 is 1.81 bits per heavy atom. The van der Waals surface area contributed by atoms with Crippen LogP contribution in [0.3, 0.4) is 0 Å². The first-order chi connectivity index (χ1) is 12.8. The van der Waals surface area contributed by atoms with E-state index in [4.69, 9.17) is 9.73 Å². The molecule has 0 radical (unpaired) electrons. The second-order valence-electron chi connectivity index (χ2n) is 6.47. The second kappa shape index (κ2) is 7.85. The fourth-order valence-electron chi connectivity index (χ4n) is 3.32. The number of hydrogen-bond donors (Lipinski definition) is 0. The lowest BCUT2D eigenvalue weighted by Gasteiger charge is -2.20. The van der Waals surface area contributed by atoms with Crippen molar-refractivity contribution in [3.63, 3.8) is 0 Å². The van der Waals surface area contributed by atoms with Crippen LogP contribution in [0.4, 0.5) is 0 Å². The number of benzene rings is 3. The maximum absolute atomic E-state index is 6.30. The molecule has 0 amide bonds. The van der Waals surface area contributed by atoms with Crippen molar-refractivity contribution in [1.29, 1.82) is 0 Å². The van der Waals surface area contributed by atoms with Crippen LogP contribution in [0.5, 0.6) is 0 Å². The fourth-order valence-corrected chi connectivity index (χ4v) is 5.47. The number of hydrogen-bond acceptors (Lipinski definition) is 2. The van der Waals surface area contributed by atoms with Gasteiger partial charge in [-0.25, -0.2) is 4.99 Å². The number of nitrogens with zero attached hydrogens (tertiary/aromatic N) is 1. The summed E-state index contributed by atoms with van der Waals surface area (Å²) in [6.07, 6.45) is 0.867. The molecule has 0 fully saturated rings. The Bertz CT molecular complexity index is 825. The van der Waals surface area contributed by atoms with Crippen molar-refractivity contribution in [2.24, 2.45) is 4.99 Å². The lowest BCUT2D eigenvalue weighted by atomic mass is 10.0. The average Bonchev–Trinajstić information content (AvgIpc) is 3.08. The first-order valence-corrected chi connectivity index (χ1v) is 10.5. The van der Waals surface area contributed by atoms with Crippen molar-refractivity contribution in [1.82, 2.24) is 0 Å². The van der Waals surface area contributed by atoms with E-state index >= 15 is 0 Å². The summed E-state index contributed by atoms with van der Waals surface area (Å²) in [7, 11) is -0.525. The third-order valence-electron chi connectivity index (χ3n) is 4.61. The number of rotatable bonds is 5. The quantitative estimate of drug-likeness (QED) is 0.606. The molecule has 0 aromatic heterocycles. The molecule has 0 spiro atoms. The minimum atomic E-state index is -0.525. The van der Waals surface area contributed by atoms with Gasteiger partial charge in [-0.05, 0) is 31.0 Å². The van der Waals surface area contributed by atoms with E-state index in [9.17, 15) is 0 Å². The molecular weight excluding hydrogens is 337 g/mol. The van der Waals surface area contributed by atoms with Crippen molar-refractivity contribution in [3.05, 3.63) is 96.6 Å². The molecule has 2 unspecified atom stereocenters. The van der Waals surface area contributed by atoms with Gasteiger partial charge in [-0.3, -0.25) is 0 Å². The van der Waals surface area contributed by atoms with Crippen LogP contribution in [0.15, 0.2) is 96.0 Å². The van der Waals surface area contributed by atoms with E-state index in [0.717, 1.165) is 12.1 Å². The zero-order chi connectivity index (χ0) is 17.8. The molecule has 1 heterocycles. The smallest absolute Gasteiger partial charge is 0.189 e. The van der Waals surface area contributed by atoms with E-state index in [0.29, 0.717) is 0 Å². The summed E-state index contributed by atoms with van der Waals surface area (Å²) in [5.74, 6) is 0.880. The highest BCUT2D eigenvalue weighted by Gasteiger charge is 2.30. The van der Waals surface area contributed by atoms with E-state index in [1.54, 1.807) is 0 Å². The lowest BCUT2D eigenvalue weighted by molar-refractivity contribution is 0.200. The Hall–Kier alpha value is -2.44. The molecule has 1 aliphatic rings. The molecule has 0 aliphatic carbocycles. The van der Waals surface area contributed by atoms with Crippen molar-refractivity contribution in [2.45, 2.75) is 19.1 Å². The summed E-state index contributed by atoms with van der Waals surface area (Å²) in [5.41, 5.74) is 1.20. The van der Waals surface area contributed by atoms with E-state index < -0.39 is 7.92 Å². The van der Waals surface area contributed by atoms with Gasteiger partial charge in [0.15, 0.2) is 5.90 Å². The van der Waals surface area contributed by atoms with Crippen LogP contribution >= 0.6 is 7.92 Å². The summed E-state index contributed by atoms with van der Waals surface area (Å²) in [5, 5.41) is 2.71. The zero-order valence-electron chi connectivity index (χ0n) is 14.8.